The van der Waals surface area contributed by atoms with Crippen molar-refractivity contribution in [3.8, 4) is 0 Å². The zero-order chi connectivity index (χ0) is 28.5. The van der Waals surface area contributed by atoms with Crippen molar-refractivity contribution in [2.24, 2.45) is 0 Å². The van der Waals surface area contributed by atoms with E-state index in [0.29, 0.717) is 5.56 Å². The van der Waals surface area contributed by atoms with Gasteiger partial charge in [0.25, 0.3) is 0 Å². The molecule has 0 heterocycles. The lowest BCUT2D eigenvalue weighted by Gasteiger charge is -2.31. The Kier molecular flexibility index (Phi) is 8.89. The first-order valence-electron chi connectivity index (χ1n) is 13.6. The van der Waals surface area contributed by atoms with Gasteiger partial charge in [-0.05, 0) is 40.9 Å². The summed E-state index contributed by atoms with van der Waals surface area (Å²) in [5, 5.41) is 2.87. The van der Waals surface area contributed by atoms with E-state index in [0.717, 1.165) is 27.0 Å². The molecule has 0 atom stereocenters. The molecule has 0 aliphatic carbocycles. The third kappa shape index (κ3) is 5.91. The summed E-state index contributed by atoms with van der Waals surface area (Å²) in [5.41, 5.74) is 2.27. The number of ether oxygens (including phenoxy) is 1. The zero-order valence-electron chi connectivity index (χ0n) is 22.9. The minimum Gasteiger partial charge on any atom is -0.457 e. The zero-order valence-corrected chi connectivity index (χ0v) is 23.8. The second-order valence-corrected chi connectivity index (χ2v) is 12.9. The first-order chi connectivity index (χ1) is 20.1. The number of rotatable bonds is 9. The molecule has 0 aromatic heterocycles. The molecule has 0 fully saturated rings. The van der Waals surface area contributed by atoms with Crippen molar-refractivity contribution < 1.29 is 14.3 Å². The standard InChI is InChI=1S/C37H31O3P/c1-2-15-29-24-26-31(27-25-29)35(38)36(37(39)40-28-30-16-7-3-8-17-30)41(32-18-9-4-10-19-32,33-20-11-5-12-21-33)34-22-13-6-14-23-34/h2-27H,28H2,1H3/b15-2+. The number of allylic oxidation sites excluding steroid dienone is 1. The third-order valence-electron chi connectivity index (χ3n) is 6.92. The van der Waals surface area contributed by atoms with Gasteiger partial charge < -0.3 is 4.74 Å². The maximum Gasteiger partial charge on any atom is 0.343 e. The van der Waals surface area contributed by atoms with Crippen LogP contribution in [-0.2, 0) is 16.1 Å². The summed E-state index contributed by atoms with van der Waals surface area (Å²) < 4.78 is 5.99. The molecule has 41 heavy (non-hydrogen) atoms. The highest BCUT2D eigenvalue weighted by molar-refractivity contribution is 7.97. The fourth-order valence-electron chi connectivity index (χ4n) is 5.04. The van der Waals surface area contributed by atoms with Crippen molar-refractivity contribution in [1.82, 2.24) is 0 Å². The van der Waals surface area contributed by atoms with Crippen LogP contribution in [-0.4, -0.2) is 17.0 Å². The number of carbonyl (C=O) groups is 2. The molecule has 4 heteroatoms. The van der Waals surface area contributed by atoms with Gasteiger partial charge in [0, 0.05) is 5.56 Å². The summed E-state index contributed by atoms with van der Waals surface area (Å²) >= 11 is 0. The van der Waals surface area contributed by atoms with Crippen LogP contribution in [0.3, 0.4) is 0 Å². The molecule has 0 spiro atoms. The van der Waals surface area contributed by atoms with Crippen molar-refractivity contribution in [3.05, 3.63) is 168 Å². The highest BCUT2D eigenvalue weighted by Crippen LogP contribution is 2.47. The van der Waals surface area contributed by atoms with E-state index in [1.165, 1.54) is 0 Å². The Morgan fingerprint density at radius 2 is 1.05 bits per heavy atom. The second kappa shape index (κ2) is 13.1. The maximum absolute atomic E-state index is 14.7. The second-order valence-electron chi connectivity index (χ2n) is 9.54. The van der Waals surface area contributed by atoms with Crippen LogP contribution >= 0.6 is 6.89 Å². The van der Waals surface area contributed by atoms with Gasteiger partial charge in [0.05, 0.1) is 0 Å². The fraction of sp³-hybridized carbons (Fsp3) is 0.0541. The molecule has 5 aromatic carbocycles. The number of carbonyl (C=O) groups excluding carboxylic acids is 2. The molecule has 0 N–H and O–H groups in total. The number of benzene rings is 5. The Morgan fingerprint density at radius 1 is 0.610 bits per heavy atom. The first-order valence-corrected chi connectivity index (χ1v) is 15.4. The molecular formula is C37H31O3P. The van der Waals surface area contributed by atoms with E-state index in [4.69, 9.17) is 4.74 Å². The number of Topliss-reactive ketones (excluding diaryl/α,β-unsaturated/α-hetero) is 1. The van der Waals surface area contributed by atoms with Crippen LogP contribution in [0.2, 0.25) is 0 Å². The van der Waals surface area contributed by atoms with Gasteiger partial charge in [0.15, 0.2) is 0 Å². The van der Waals surface area contributed by atoms with Gasteiger partial charge in [-0.15, -0.1) is 0 Å². The summed E-state index contributed by atoms with van der Waals surface area (Å²) in [6, 6.07) is 46.6. The molecule has 0 saturated heterocycles. The normalized spacial score (nSPS) is 11.2. The summed E-state index contributed by atoms with van der Waals surface area (Å²) in [6.07, 6.45) is 3.92. The number of hydrogen-bond acceptors (Lipinski definition) is 3. The Labute approximate surface area is 241 Å². The van der Waals surface area contributed by atoms with E-state index in [9.17, 15) is 9.59 Å². The van der Waals surface area contributed by atoms with E-state index in [2.05, 4.69) is 0 Å². The third-order valence-corrected chi connectivity index (χ3v) is 11.2. The van der Waals surface area contributed by atoms with E-state index in [1.54, 1.807) is 12.1 Å². The Balaban J connectivity index is 1.85. The molecule has 0 radical (unpaired) electrons. The van der Waals surface area contributed by atoms with Crippen LogP contribution in [0.25, 0.3) is 6.08 Å². The van der Waals surface area contributed by atoms with Crippen LogP contribution < -0.4 is 15.9 Å². The van der Waals surface area contributed by atoms with Gasteiger partial charge in [-0.1, -0.05) is 158 Å². The van der Waals surface area contributed by atoms with E-state index >= 15 is 0 Å². The minimum atomic E-state index is -3.01. The minimum absolute atomic E-state index is 0.0645. The van der Waals surface area contributed by atoms with Crippen molar-refractivity contribution in [2.75, 3.05) is 0 Å². The average Bonchev–Trinajstić information content (AvgIpc) is 3.04. The molecule has 3 nitrogen and oxygen atoms in total. The molecule has 0 bridgehead atoms. The summed E-state index contributed by atoms with van der Waals surface area (Å²) in [5.74, 6) is -0.943. The molecule has 0 aliphatic heterocycles. The van der Waals surface area contributed by atoms with Crippen molar-refractivity contribution in [2.45, 2.75) is 13.5 Å². The lowest BCUT2D eigenvalue weighted by molar-refractivity contribution is -0.136. The fourth-order valence-corrected chi connectivity index (χ4v) is 9.34. The van der Waals surface area contributed by atoms with Gasteiger partial charge in [-0.2, -0.15) is 0 Å². The predicted octanol–water partition coefficient (Wildman–Crippen LogP) is 6.81. The van der Waals surface area contributed by atoms with Gasteiger partial charge in [0.1, 0.15) is 11.9 Å². The molecule has 0 aliphatic rings. The van der Waals surface area contributed by atoms with Crippen LogP contribution in [0.1, 0.15) is 28.4 Å². The molecule has 5 aromatic rings. The Morgan fingerprint density at radius 3 is 1.49 bits per heavy atom. The lowest BCUT2D eigenvalue weighted by atomic mass is 10.1. The van der Waals surface area contributed by atoms with Crippen LogP contribution in [0.15, 0.2) is 152 Å². The van der Waals surface area contributed by atoms with Crippen molar-refractivity contribution >= 4 is 45.9 Å². The average molecular weight is 555 g/mol. The lowest BCUT2D eigenvalue weighted by Crippen LogP contribution is -2.38. The van der Waals surface area contributed by atoms with E-state index in [1.807, 2.05) is 153 Å². The van der Waals surface area contributed by atoms with E-state index in [-0.39, 0.29) is 17.7 Å². The topological polar surface area (TPSA) is 43.4 Å². The quantitative estimate of drug-likeness (QED) is 0.0870. The molecule has 202 valence electrons. The van der Waals surface area contributed by atoms with Gasteiger partial charge in [-0.3, -0.25) is 4.79 Å². The molecule has 0 unspecified atom stereocenters. The largest absolute Gasteiger partial charge is 0.457 e. The highest BCUT2D eigenvalue weighted by atomic mass is 31.2. The summed E-state index contributed by atoms with van der Waals surface area (Å²) in [6.45, 7) is -0.993. The van der Waals surface area contributed by atoms with Crippen molar-refractivity contribution in [3.63, 3.8) is 0 Å². The van der Waals surface area contributed by atoms with E-state index < -0.39 is 12.9 Å². The molecule has 0 amide bonds. The summed E-state index contributed by atoms with van der Waals surface area (Å²) in [4.78, 5) is 29.1. The van der Waals surface area contributed by atoms with Crippen molar-refractivity contribution in [1.29, 1.82) is 0 Å². The highest BCUT2D eigenvalue weighted by Gasteiger charge is 2.38. The van der Waals surface area contributed by atoms with Gasteiger partial charge in [-0.25, -0.2) is 4.79 Å². The van der Waals surface area contributed by atoms with Gasteiger partial charge >= 0.3 is 5.97 Å². The first kappa shape index (κ1) is 27.8. The van der Waals surface area contributed by atoms with Crippen LogP contribution in [0.4, 0.5) is 0 Å². The summed E-state index contributed by atoms with van der Waals surface area (Å²) in [7, 11) is 0. The Hall–Kier alpha value is -4.72. The predicted molar refractivity (Wildman–Crippen MR) is 172 cm³/mol. The molecule has 5 rings (SSSR count). The number of hydrogen-bond donors (Lipinski definition) is 0. The number of ketones is 1. The van der Waals surface area contributed by atoms with Gasteiger partial charge in [0.2, 0.25) is 5.78 Å². The monoisotopic (exact) mass is 554 g/mol. The maximum atomic E-state index is 14.7. The molecular weight excluding hydrogens is 523 g/mol. The number of esters is 1. The van der Waals surface area contributed by atoms with Crippen LogP contribution in [0, 0.1) is 0 Å². The molecule has 0 saturated carbocycles. The SMILES string of the molecule is C/C=C/c1ccc(C(=O)C(C(=O)OCc2ccccc2)=P(c2ccccc2)(c2ccccc2)c2ccccc2)cc1. The smallest absolute Gasteiger partial charge is 0.343 e. The van der Waals surface area contributed by atoms with Crippen LogP contribution in [0.5, 0.6) is 0 Å². The Bertz CT molecular complexity index is 1590.